The van der Waals surface area contributed by atoms with Crippen LogP contribution in [0.15, 0.2) is 0 Å². The predicted molar refractivity (Wildman–Crippen MR) is 69.5 cm³/mol. The maximum absolute atomic E-state index is 12.0. The van der Waals surface area contributed by atoms with Crippen LogP contribution >= 0.6 is 0 Å². The summed E-state index contributed by atoms with van der Waals surface area (Å²) in [6.45, 7) is 4.13. The molecule has 2 aliphatic carbocycles. The summed E-state index contributed by atoms with van der Waals surface area (Å²) in [6, 6.07) is 0.0895. The third-order valence-electron chi connectivity index (χ3n) is 4.92. The molecule has 0 aromatic rings. The van der Waals surface area contributed by atoms with E-state index in [9.17, 15) is 4.79 Å². The van der Waals surface area contributed by atoms with E-state index in [1.54, 1.807) is 0 Å². The Morgan fingerprint density at radius 1 is 1.41 bits per heavy atom. The Kier molecular flexibility index (Phi) is 3.76. The molecule has 1 spiro atoms. The molecule has 0 heterocycles. The van der Waals surface area contributed by atoms with Gasteiger partial charge in [0.2, 0.25) is 5.91 Å². The van der Waals surface area contributed by atoms with E-state index in [0.29, 0.717) is 11.5 Å². The van der Waals surface area contributed by atoms with Gasteiger partial charge >= 0.3 is 0 Å². The number of hydrogen-bond acceptors (Lipinski definition) is 2. The van der Waals surface area contributed by atoms with Gasteiger partial charge in [-0.25, -0.2) is 0 Å². The van der Waals surface area contributed by atoms with Crippen molar-refractivity contribution in [3.05, 3.63) is 0 Å². The van der Waals surface area contributed by atoms with Crippen LogP contribution in [0.5, 0.6) is 0 Å². The van der Waals surface area contributed by atoms with Crippen molar-refractivity contribution in [2.75, 3.05) is 0 Å². The van der Waals surface area contributed by atoms with Crippen LogP contribution in [0.3, 0.4) is 0 Å². The van der Waals surface area contributed by atoms with Crippen LogP contribution in [-0.4, -0.2) is 18.0 Å². The van der Waals surface area contributed by atoms with Gasteiger partial charge in [-0.1, -0.05) is 39.5 Å². The lowest BCUT2D eigenvalue weighted by molar-refractivity contribution is -0.123. The van der Waals surface area contributed by atoms with Gasteiger partial charge in [0.15, 0.2) is 0 Å². The molecule has 3 nitrogen and oxygen atoms in total. The molecule has 0 aliphatic heterocycles. The fourth-order valence-electron chi connectivity index (χ4n) is 3.14. The molecule has 2 rings (SSSR count). The van der Waals surface area contributed by atoms with Crippen molar-refractivity contribution in [1.29, 1.82) is 0 Å². The fraction of sp³-hybridized carbons (Fsp3) is 0.929. The Hall–Kier alpha value is -0.570. The van der Waals surface area contributed by atoms with E-state index in [4.69, 9.17) is 5.73 Å². The summed E-state index contributed by atoms with van der Waals surface area (Å²) in [4.78, 5) is 12.0. The predicted octanol–water partition coefficient (Wildman–Crippen LogP) is 2.20. The third kappa shape index (κ3) is 2.65. The first kappa shape index (κ1) is 12.9. The fourth-order valence-corrected chi connectivity index (χ4v) is 3.14. The Morgan fingerprint density at radius 3 is 2.65 bits per heavy atom. The molecule has 1 amide bonds. The number of nitrogens with two attached hydrogens (primary N) is 1. The highest BCUT2D eigenvalue weighted by Gasteiger charge is 2.54. The number of amides is 1. The highest BCUT2D eigenvalue weighted by atomic mass is 16.2. The van der Waals surface area contributed by atoms with E-state index in [-0.39, 0.29) is 17.9 Å². The first-order valence-electron chi connectivity index (χ1n) is 7.15. The Morgan fingerprint density at radius 2 is 2.06 bits per heavy atom. The van der Waals surface area contributed by atoms with Gasteiger partial charge in [-0.15, -0.1) is 0 Å². The summed E-state index contributed by atoms with van der Waals surface area (Å²) >= 11 is 0. The van der Waals surface area contributed by atoms with Crippen LogP contribution in [0.2, 0.25) is 0 Å². The van der Waals surface area contributed by atoms with Crippen LogP contribution in [0.4, 0.5) is 0 Å². The molecule has 0 radical (unpaired) electrons. The molecule has 0 bridgehead atoms. The molecule has 3 unspecified atom stereocenters. The summed E-state index contributed by atoms with van der Waals surface area (Å²) in [6.07, 6.45) is 8.80. The lowest BCUT2D eigenvalue weighted by Gasteiger charge is -2.24. The molecule has 3 N–H and O–H groups in total. The van der Waals surface area contributed by atoms with Gasteiger partial charge in [0.05, 0.1) is 6.04 Å². The zero-order valence-electron chi connectivity index (χ0n) is 11.2. The minimum atomic E-state index is -0.332. The molecule has 3 heteroatoms. The number of nitrogens with one attached hydrogen (secondary N) is 1. The summed E-state index contributed by atoms with van der Waals surface area (Å²) in [5.74, 6) is 0.336. The van der Waals surface area contributed by atoms with E-state index >= 15 is 0 Å². The van der Waals surface area contributed by atoms with Gasteiger partial charge in [-0.05, 0) is 30.6 Å². The van der Waals surface area contributed by atoms with E-state index in [1.807, 2.05) is 6.92 Å². The topological polar surface area (TPSA) is 55.1 Å². The Labute approximate surface area is 105 Å². The van der Waals surface area contributed by atoms with Crippen LogP contribution in [0, 0.1) is 11.3 Å². The second-order valence-electron chi connectivity index (χ2n) is 6.10. The second-order valence-corrected chi connectivity index (χ2v) is 6.10. The molecule has 2 saturated carbocycles. The molecule has 98 valence electrons. The number of carbonyl (C=O) groups is 1. The summed E-state index contributed by atoms with van der Waals surface area (Å²) in [7, 11) is 0. The monoisotopic (exact) mass is 238 g/mol. The number of rotatable bonds is 4. The Balaban J connectivity index is 1.81. The molecule has 0 saturated heterocycles. The van der Waals surface area contributed by atoms with E-state index in [0.717, 1.165) is 6.42 Å². The second kappa shape index (κ2) is 4.97. The standard InChI is InChI=1S/C14H26N2O/c1-3-10(2)12(15)13(17)16-11-9-14(11)7-5-4-6-8-14/h10-12H,3-9,15H2,1-2H3,(H,16,17). The largest absolute Gasteiger partial charge is 0.351 e. The van der Waals surface area contributed by atoms with Crippen LogP contribution in [0.1, 0.15) is 58.8 Å². The summed E-state index contributed by atoms with van der Waals surface area (Å²) in [5, 5.41) is 3.17. The minimum absolute atomic E-state index is 0.0619. The van der Waals surface area contributed by atoms with Gasteiger partial charge in [0.25, 0.3) is 0 Å². The molecule has 0 aromatic heterocycles. The maximum Gasteiger partial charge on any atom is 0.237 e. The van der Waals surface area contributed by atoms with Crippen molar-refractivity contribution >= 4 is 5.91 Å². The maximum atomic E-state index is 12.0. The lowest BCUT2D eigenvalue weighted by Crippen LogP contribution is -2.46. The average molecular weight is 238 g/mol. The number of carbonyl (C=O) groups excluding carboxylic acids is 1. The molecule has 17 heavy (non-hydrogen) atoms. The summed E-state index contributed by atoms with van der Waals surface area (Å²) < 4.78 is 0. The molecule has 2 aliphatic rings. The quantitative estimate of drug-likeness (QED) is 0.789. The highest BCUT2D eigenvalue weighted by Crippen LogP contribution is 2.56. The SMILES string of the molecule is CCC(C)C(N)C(=O)NC1CC12CCCCC2. The highest BCUT2D eigenvalue weighted by molar-refractivity contribution is 5.82. The first-order chi connectivity index (χ1) is 8.09. The van der Waals surface area contributed by atoms with Gasteiger partial charge in [0.1, 0.15) is 0 Å². The normalized spacial score (nSPS) is 29.7. The van der Waals surface area contributed by atoms with Crippen molar-refractivity contribution < 1.29 is 4.79 Å². The van der Waals surface area contributed by atoms with Crippen molar-refractivity contribution in [2.24, 2.45) is 17.1 Å². The van der Waals surface area contributed by atoms with Crippen LogP contribution in [-0.2, 0) is 4.79 Å². The van der Waals surface area contributed by atoms with Gasteiger partial charge < -0.3 is 11.1 Å². The molecular weight excluding hydrogens is 212 g/mol. The summed E-state index contributed by atoms with van der Waals surface area (Å²) in [5.41, 5.74) is 6.41. The van der Waals surface area contributed by atoms with Gasteiger partial charge in [-0.3, -0.25) is 4.79 Å². The smallest absolute Gasteiger partial charge is 0.237 e. The van der Waals surface area contributed by atoms with Gasteiger partial charge in [0, 0.05) is 6.04 Å². The van der Waals surface area contributed by atoms with Gasteiger partial charge in [-0.2, -0.15) is 0 Å². The van der Waals surface area contributed by atoms with Crippen LogP contribution in [0.25, 0.3) is 0 Å². The number of hydrogen-bond donors (Lipinski definition) is 2. The van der Waals surface area contributed by atoms with Crippen molar-refractivity contribution in [3.8, 4) is 0 Å². The van der Waals surface area contributed by atoms with Crippen molar-refractivity contribution in [3.63, 3.8) is 0 Å². The van der Waals surface area contributed by atoms with E-state index in [1.165, 1.54) is 38.5 Å². The first-order valence-corrected chi connectivity index (χ1v) is 7.15. The average Bonchev–Trinajstić information content (AvgIpc) is 2.99. The lowest BCUT2D eigenvalue weighted by atomic mass is 9.85. The molecular formula is C14H26N2O. The zero-order valence-corrected chi connectivity index (χ0v) is 11.2. The molecule has 3 atom stereocenters. The minimum Gasteiger partial charge on any atom is -0.351 e. The van der Waals surface area contributed by atoms with Crippen molar-refractivity contribution in [2.45, 2.75) is 70.9 Å². The van der Waals surface area contributed by atoms with E-state index in [2.05, 4.69) is 12.2 Å². The van der Waals surface area contributed by atoms with E-state index < -0.39 is 0 Å². The zero-order chi connectivity index (χ0) is 12.5. The third-order valence-corrected chi connectivity index (χ3v) is 4.92. The Bertz CT molecular complexity index is 284. The molecule has 2 fully saturated rings. The van der Waals surface area contributed by atoms with Crippen molar-refractivity contribution in [1.82, 2.24) is 5.32 Å². The molecule has 0 aromatic carbocycles. The van der Waals surface area contributed by atoms with Crippen LogP contribution < -0.4 is 11.1 Å².